The molecule has 6 heteroatoms. The Bertz CT molecular complexity index is 471. The molecule has 0 radical (unpaired) electrons. The third kappa shape index (κ3) is 4.81. The van der Waals surface area contributed by atoms with Gasteiger partial charge in [0, 0.05) is 32.4 Å². The normalized spacial score (nSPS) is 11.5. The summed E-state index contributed by atoms with van der Waals surface area (Å²) in [6.45, 7) is 4.15. The first kappa shape index (κ1) is 15.9. The molecule has 0 unspecified atom stereocenters. The van der Waals surface area contributed by atoms with Crippen molar-refractivity contribution in [2.45, 2.75) is 18.2 Å². The van der Waals surface area contributed by atoms with E-state index in [-0.39, 0.29) is 0 Å². The first-order chi connectivity index (χ1) is 9.01. The second-order valence-corrected chi connectivity index (χ2v) is 6.18. The van der Waals surface area contributed by atoms with Gasteiger partial charge in [0.25, 0.3) is 0 Å². The summed E-state index contributed by atoms with van der Waals surface area (Å²) in [5.74, 6) is 0. The van der Waals surface area contributed by atoms with E-state index in [1.54, 1.807) is 12.1 Å². The van der Waals surface area contributed by atoms with E-state index in [1.165, 1.54) is 0 Å². The van der Waals surface area contributed by atoms with Crippen LogP contribution in [0.15, 0.2) is 29.2 Å². The topological polar surface area (TPSA) is 61.4 Å². The number of rotatable bonds is 8. The molecule has 19 heavy (non-hydrogen) atoms. The highest BCUT2D eigenvalue weighted by molar-refractivity contribution is 7.89. The van der Waals surface area contributed by atoms with Gasteiger partial charge in [-0.1, -0.05) is 6.92 Å². The van der Waals surface area contributed by atoms with Crippen LogP contribution in [0.5, 0.6) is 0 Å². The number of nitrogens with zero attached hydrogens (tertiary/aromatic N) is 1. The number of anilines is 1. The van der Waals surface area contributed by atoms with Crippen LogP contribution >= 0.6 is 0 Å². The summed E-state index contributed by atoms with van der Waals surface area (Å²) in [5, 5.41) is 3.08. The SMILES string of the molecule is CCCNS(=O)(=O)c1ccc(N(C)CCNC)cc1. The minimum Gasteiger partial charge on any atom is -0.373 e. The quantitative estimate of drug-likeness (QED) is 0.749. The predicted octanol–water partition coefficient (Wildman–Crippen LogP) is 1.03. The molecule has 0 aliphatic heterocycles. The van der Waals surface area contributed by atoms with Crippen LogP contribution in [0, 0.1) is 0 Å². The molecule has 0 heterocycles. The Kier molecular flexibility index (Phi) is 6.27. The van der Waals surface area contributed by atoms with E-state index < -0.39 is 10.0 Å². The van der Waals surface area contributed by atoms with E-state index in [2.05, 4.69) is 14.9 Å². The molecule has 0 aliphatic rings. The van der Waals surface area contributed by atoms with Crippen LogP contribution in [0.4, 0.5) is 5.69 Å². The highest BCUT2D eigenvalue weighted by atomic mass is 32.2. The largest absolute Gasteiger partial charge is 0.373 e. The van der Waals surface area contributed by atoms with Crippen molar-refractivity contribution in [2.24, 2.45) is 0 Å². The fourth-order valence-electron chi connectivity index (χ4n) is 1.61. The second-order valence-electron chi connectivity index (χ2n) is 4.42. The van der Waals surface area contributed by atoms with Gasteiger partial charge < -0.3 is 10.2 Å². The Labute approximate surface area is 116 Å². The Morgan fingerprint density at radius 1 is 1.16 bits per heavy atom. The molecule has 1 rings (SSSR count). The molecule has 2 N–H and O–H groups in total. The van der Waals surface area contributed by atoms with Crippen LogP contribution in [0.25, 0.3) is 0 Å². The van der Waals surface area contributed by atoms with Crippen molar-refractivity contribution in [3.8, 4) is 0 Å². The fourth-order valence-corrected chi connectivity index (χ4v) is 2.74. The molecule has 0 saturated carbocycles. The van der Waals surface area contributed by atoms with Crippen LogP contribution in [0.1, 0.15) is 13.3 Å². The molecule has 0 spiro atoms. The lowest BCUT2D eigenvalue weighted by Crippen LogP contribution is -2.27. The van der Waals surface area contributed by atoms with Gasteiger partial charge in [-0.15, -0.1) is 0 Å². The third-order valence-corrected chi connectivity index (χ3v) is 4.30. The van der Waals surface area contributed by atoms with Crippen LogP contribution < -0.4 is 14.9 Å². The highest BCUT2D eigenvalue weighted by Gasteiger charge is 2.12. The van der Waals surface area contributed by atoms with E-state index in [0.29, 0.717) is 11.4 Å². The van der Waals surface area contributed by atoms with E-state index in [4.69, 9.17) is 0 Å². The number of likely N-dealkylation sites (N-methyl/N-ethyl adjacent to an activating group) is 2. The standard InChI is InChI=1S/C13H23N3O2S/c1-4-9-15-19(17,18)13-7-5-12(6-8-13)16(3)11-10-14-2/h5-8,14-15H,4,9-11H2,1-3H3. The van der Waals surface area contributed by atoms with Crippen molar-refractivity contribution >= 4 is 15.7 Å². The zero-order valence-electron chi connectivity index (χ0n) is 11.8. The van der Waals surface area contributed by atoms with Crippen molar-refractivity contribution < 1.29 is 8.42 Å². The molecule has 0 fully saturated rings. The highest BCUT2D eigenvalue weighted by Crippen LogP contribution is 2.16. The smallest absolute Gasteiger partial charge is 0.240 e. The van der Waals surface area contributed by atoms with Gasteiger partial charge in [-0.25, -0.2) is 13.1 Å². The summed E-state index contributed by atoms with van der Waals surface area (Å²) in [5.41, 5.74) is 1.00. The maximum absolute atomic E-state index is 11.9. The van der Waals surface area contributed by atoms with Crippen molar-refractivity contribution in [1.82, 2.24) is 10.0 Å². The molecule has 0 amide bonds. The predicted molar refractivity (Wildman–Crippen MR) is 79.1 cm³/mol. The number of hydrogen-bond acceptors (Lipinski definition) is 4. The van der Waals surface area contributed by atoms with Crippen LogP contribution in [-0.2, 0) is 10.0 Å². The lowest BCUT2D eigenvalue weighted by atomic mass is 10.3. The molecular weight excluding hydrogens is 262 g/mol. The van der Waals surface area contributed by atoms with Gasteiger partial charge in [0.05, 0.1) is 4.90 Å². The van der Waals surface area contributed by atoms with Crippen molar-refractivity contribution in [3.63, 3.8) is 0 Å². The summed E-state index contributed by atoms with van der Waals surface area (Å²) in [6, 6.07) is 6.94. The maximum atomic E-state index is 11.9. The zero-order valence-corrected chi connectivity index (χ0v) is 12.6. The Morgan fingerprint density at radius 2 is 1.79 bits per heavy atom. The average molecular weight is 285 g/mol. The zero-order chi connectivity index (χ0) is 14.3. The average Bonchev–Trinajstić information content (AvgIpc) is 2.42. The first-order valence-electron chi connectivity index (χ1n) is 6.46. The third-order valence-electron chi connectivity index (χ3n) is 2.83. The molecular formula is C13H23N3O2S. The summed E-state index contributed by atoms with van der Waals surface area (Å²) in [4.78, 5) is 2.39. The minimum atomic E-state index is -3.36. The molecule has 108 valence electrons. The lowest BCUT2D eigenvalue weighted by molar-refractivity contribution is 0.581. The van der Waals surface area contributed by atoms with Crippen LogP contribution in [-0.4, -0.2) is 42.1 Å². The fraction of sp³-hybridized carbons (Fsp3) is 0.538. The van der Waals surface area contributed by atoms with Gasteiger partial charge in [-0.3, -0.25) is 0 Å². The van der Waals surface area contributed by atoms with Crippen molar-refractivity contribution in [2.75, 3.05) is 38.6 Å². The minimum absolute atomic E-state index is 0.312. The molecule has 0 aliphatic carbocycles. The summed E-state index contributed by atoms with van der Waals surface area (Å²) < 4.78 is 26.4. The molecule has 1 aromatic rings. The Morgan fingerprint density at radius 3 is 2.32 bits per heavy atom. The van der Waals surface area contributed by atoms with E-state index in [9.17, 15) is 8.42 Å². The molecule has 5 nitrogen and oxygen atoms in total. The first-order valence-corrected chi connectivity index (χ1v) is 7.95. The van der Waals surface area contributed by atoms with E-state index in [0.717, 1.165) is 25.2 Å². The van der Waals surface area contributed by atoms with Crippen molar-refractivity contribution in [3.05, 3.63) is 24.3 Å². The Hall–Kier alpha value is -1.11. The Balaban J connectivity index is 2.75. The van der Waals surface area contributed by atoms with Gasteiger partial charge in [-0.2, -0.15) is 0 Å². The molecule has 0 bridgehead atoms. The van der Waals surface area contributed by atoms with Crippen molar-refractivity contribution in [1.29, 1.82) is 0 Å². The van der Waals surface area contributed by atoms with E-state index >= 15 is 0 Å². The lowest BCUT2D eigenvalue weighted by Gasteiger charge is -2.19. The molecule has 0 saturated heterocycles. The summed E-state index contributed by atoms with van der Waals surface area (Å²) in [7, 11) is 0.525. The molecule has 1 aromatic carbocycles. The maximum Gasteiger partial charge on any atom is 0.240 e. The van der Waals surface area contributed by atoms with Crippen LogP contribution in [0.2, 0.25) is 0 Å². The van der Waals surface area contributed by atoms with E-state index in [1.807, 2.05) is 33.2 Å². The summed E-state index contributed by atoms with van der Waals surface area (Å²) >= 11 is 0. The van der Waals surface area contributed by atoms with Gasteiger partial charge in [0.2, 0.25) is 10.0 Å². The van der Waals surface area contributed by atoms with Gasteiger partial charge in [-0.05, 0) is 37.7 Å². The molecule has 0 atom stereocenters. The summed E-state index contributed by atoms with van der Waals surface area (Å²) in [6.07, 6.45) is 0.782. The number of benzene rings is 1. The number of hydrogen-bond donors (Lipinski definition) is 2. The van der Waals surface area contributed by atoms with Gasteiger partial charge >= 0.3 is 0 Å². The number of sulfonamides is 1. The number of nitrogens with one attached hydrogen (secondary N) is 2. The molecule has 0 aromatic heterocycles. The second kappa shape index (κ2) is 7.47. The van der Waals surface area contributed by atoms with Gasteiger partial charge in [0.1, 0.15) is 0 Å². The van der Waals surface area contributed by atoms with Gasteiger partial charge in [0.15, 0.2) is 0 Å². The monoisotopic (exact) mass is 285 g/mol. The van der Waals surface area contributed by atoms with Crippen LogP contribution in [0.3, 0.4) is 0 Å².